The van der Waals surface area contributed by atoms with Crippen LogP contribution < -0.4 is 0 Å². The molecule has 1 nitrogen and oxygen atoms in total. The Bertz CT molecular complexity index is 528. The smallest absolute Gasteiger partial charge is 0.312 e. The Hall–Kier alpha value is -1.48. The summed E-state index contributed by atoms with van der Waals surface area (Å²) in [5.74, 6) is 1.30. The molecule has 0 radical (unpaired) electrons. The third-order valence-corrected chi connectivity index (χ3v) is 4.86. The number of allylic oxidation sites excluding steroid dienone is 2. The van der Waals surface area contributed by atoms with Crippen LogP contribution >= 0.6 is 0 Å². The Balaban J connectivity index is 1.75. The van der Waals surface area contributed by atoms with E-state index in [1.54, 1.807) is 19.1 Å². The predicted octanol–water partition coefficient (Wildman–Crippen LogP) is 6.51. The van der Waals surface area contributed by atoms with Crippen LogP contribution in [-0.2, 0) is 11.3 Å². The highest BCUT2D eigenvalue weighted by molar-refractivity contribution is 5.13. The molecular weight excluding hydrogens is 306 g/mol. The summed E-state index contributed by atoms with van der Waals surface area (Å²) in [7, 11) is 0. The fraction of sp³-hybridized carbons (Fsp3) is 0.524. The van der Waals surface area contributed by atoms with E-state index in [9.17, 15) is 8.78 Å². The Morgan fingerprint density at radius 3 is 2.50 bits per heavy atom. The molecule has 132 valence electrons. The predicted molar refractivity (Wildman–Crippen MR) is 94.8 cm³/mol. The summed E-state index contributed by atoms with van der Waals surface area (Å²) in [6.45, 7) is 5.55. The quantitative estimate of drug-likeness (QED) is 0.492. The molecule has 2 rings (SSSR count). The van der Waals surface area contributed by atoms with Gasteiger partial charge in [-0.25, -0.2) is 0 Å². The summed E-state index contributed by atoms with van der Waals surface area (Å²) in [5.41, 5.74) is 1.46. The van der Waals surface area contributed by atoms with Crippen molar-refractivity contribution in [1.82, 2.24) is 0 Å². The van der Waals surface area contributed by atoms with E-state index >= 15 is 0 Å². The summed E-state index contributed by atoms with van der Waals surface area (Å²) in [6, 6.07) is 9.06. The Morgan fingerprint density at radius 1 is 1.21 bits per heavy atom. The van der Waals surface area contributed by atoms with Gasteiger partial charge in [0.25, 0.3) is 0 Å². The molecule has 0 aromatic heterocycles. The fourth-order valence-electron chi connectivity index (χ4n) is 3.30. The lowest BCUT2D eigenvalue weighted by Gasteiger charge is -2.26. The number of benzene rings is 1. The van der Waals surface area contributed by atoms with Gasteiger partial charge in [0.1, 0.15) is 0 Å². The second kappa shape index (κ2) is 9.12. The maximum atomic E-state index is 13.9. The first-order valence-corrected chi connectivity index (χ1v) is 8.85. The molecule has 0 saturated heterocycles. The Labute approximate surface area is 144 Å². The molecule has 0 amide bonds. The lowest BCUT2D eigenvalue weighted by molar-refractivity contribution is -0.208. The molecule has 0 unspecified atom stereocenters. The van der Waals surface area contributed by atoms with E-state index < -0.39 is 6.11 Å². The monoisotopic (exact) mass is 334 g/mol. The lowest BCUT2D eigenvalue weighted by Crippen LogP contribution is -2.18. The minimum absolute atomic E-state index is 0.0802. The van der Waals surface area contributed by atoms with Gasteiger partial charge >= 0.3 is 6.11 Å². The largest absolute Gasteiger partial charge is 0.376 e. The second-order valence-corrected chi connectivity index (χ2v) is 6.88. The van der Waals surface area contributed by atoms with Crippen molar-refractivity contribution in [1.29, 1.82) is 0 Å². The van der Waals surface area contributed by atoms with Gasteiger partial charge < -0.3 is 4.74 Å². The highest BCUT2D eigenvalue weighted by Crippen LogP contribution is 2.33. The molecule has 1 saturated carbocycles. The van der Waals surface area contributed by atoms with Crippen LogP contribution in [0.25, 0.3) is 0 Å². The van der Waals surface area contributed by atoms with E-state index in [0.29, 0.717) is 23.8 Å². The first-order valence-electron chi connectivity index (χ1n) is 8.85. The Morgan fingerprint density at radius 2 is 1.88 bits per heavy atom. The first kappa shape index (κ1) is 18.9. The van der Waals surface area contributed by atoms with E-state index in [0.717, 1.165) is 18.1 Å². The zero-order valence-electron chi connectivity index (χ0n) is 14.5. The van der Waals surface area contributed by atoms with Crippen LogP contribution in [0.3, 0.4) is 0 Å². The van der Waals surface area contributed by atoms with Crippen molar-refractivity contribution in [3.05, 3.63) is 60.2 Å². The number of ether oxygens (including phenoxy) is 1. The summed E-state index contributed by atoms with van der Waals surface area (Å²) in [5, 5.41) is 0. The van der Waals surface area contributed by atoms with Crippen molar-refractivity contribution in [2.45, 2.75) is 58.2 Å². The third-order valence-electron chi connectivity index (χ3n) is 4.86. The van der Waals surface area contributed by atoms with Crippen LogP contribution in [0, 0.1) is 11.8 Å². The topological polar surface area (TPSA) is 9.23 Å². The van der Waals surface area contributed by atoms with E-state index in [-0.39, 0.29) is 6.61 Å². The lowest BCUT2D eigenvalue weighted by atomic mass is 9.79. The molecule has 0 atom stereocenters. The number of alkyl halides is 2. The standard InChI is InChI=1S/C21H28F2O/c1-3-18-11-13-19(14-12-18)10-9-17(2)15-21(22,23)24-16-20-7-5-4-6-8-20/h3-8,15,18-19H,1,9-14,16H2,2H3/b17-15+. The van der Waals surface area contributed by atoms with Gasteiger partial charge in [0.05, 0.1) is 6.61 Å². The molecule has 3 heteroatoms. The maximum Gasteiger partial charge on any atom is 0.376 e. The molecule has 1 aliphatic rings. The molecule has 0 aliphatic heterocycles. The van der Waals surface area contributed by atoms with Gasteiger partial charge in [-0.1, -0.05) is 42.0 Å². The molecular formula is C21H28F2O. The molecule has 0 heterocycles. The maximum absolute atomic E-state index is 13.9. The van der Waals surface area contributed by atoms with E-state index in [4.69, 9.17) is 4.74 Å². The number of hydrogen-bond acceptors (Lipinski definition) is 1. The van der Waals surface area contributed by atoms with Crippen LogP contribution in [-0.4, -0.2) is 6.11 Å². The highest BCUT2D eigenvalue weighted by Gasteiger charge is 2.27. The van der Waals surface area contributed by atoms with Gasteiger partial charge in [-0.05, 0) is 62.8 Å². The third kappa shape index (κ3) is 6.56. The first-order chi connectivity index (χ1) is 11.5. The van der Waals surface area contributed by atoms with Gasteiger partial charge in [-0.15, -0.1) is 6.58 Å². The van der Waals surface area contributed by atoms with Gasteiger partial charge in [0.2, 0.25) is 0 Å². The van der Waals surface area contributed by atoms with Crippen molar-refractivity contribution in [2.75, 3.05) is 0 Å². The van der Waals surface area contributed by atoms with Crippen molar-refractivity contribution in [3.63, 3.8) is 0 Å². The SMILES string of the molecule is C=CC1CCC(CC/C(C)=C/C(F)(F)OCc2ccccc2)CC1. The molecule has 1 aromatic carbocycles. The van der Waals surface area contributed by atoms with Crippen molar-refractivity contribution >= 4 is 0 Å². The fourth-order valence-corrected chi connectivity index (χ4v) is 3.30. The molecule has 0 N–H and O–H groups in total. The Kier molecular flexibility index (Phi) is 7.16. The van der Waals surface area contributed by atoms with Crippen molar-refractivity contribution in [2.24, 2.45) is 11.8 Å². The van der Waals surface area contributed by atoms with Crippen LogP contribution in [0.2, 0.25) is 0 Å². The number of halogens is 2. The molecule has 1 aromatic rings. The molecule has 0 bridgehead atoms. The second-order valence-electron chi connectivity index (χ2n) is 6.88. The zero-order valence-corrected chi connectivity index (χ0v) is 14.5. The van der Waals surface area contributed by atoms with Gasteiger partial charge in [0.15, 0.2) is 0 Å². The van der Waals surface area contributed by atoms with Gasteiger partial charge in [-0.2, -0.15) is 8.78 Å². The van der Waals surface area contributed by atoms with Crippen LogP contribution in [0.4, 0.5) is 8.78 Å². The summed E-state index contributed by atoms with van der Waals surface area (Å²) >= 11 is 0. The van der Waals surface area contributed by atoms with Crippen molar-refractivity contribution < 1.29 is 13.5 Å². The van der Waals surface area contributed by atoms with Crippen LogP contribution in [0.1, 0.15) is 51.0 Å². The summed E-state index contributed by atoms with van der Waals surface area (Å²) < 4.78 is 32.6. The van der Waals surface area contributed by atoms with Gasteiger partial charge in [-0.3, -0.25) is 0 Å². The summed E-state index contributed by atoms with van der Waals surface area (Å²) in [4.78, 5) is 0. The minimum atomic E-state index is -3.21. The molecule has 0 spiro atoms. The average molecular weight is 334 g/mol. The zero-order chi connectivity index (χ0) is 17.4. The summed E-state index contributed by atoms with van der Waals surface area (Å²) in [6.07, 6.45) is 6.27. The average Bonchev–Trinajstić information content (AvgIpc) is 2.59. The molecule has 1 aliphatic carbocycles. The van der Waals surface area contributed by atoms with E-state index in [1.807, 2.05) is 24.3 Å². The molecule has 24 heavy (non-hydrogen) atoms. The minimum Gasteiger partial charge on any atom is -0.312 e. The van der Waals surface area contributed by atoms with Gasteiger partial charge in [0, 0.05) is 6.08 Å². The highest BCUT2D eigenvalue weighted by atomic mass is 19.3. The van der Waals surface area contributed by atoms with Crippen LogP contribution in [0.15, 0.2) is 54.6 Å². The number of hydrogen-bond donors (Lipinski definition) is 0. The number of rotatable bonds is 8. The van der Waals surface area contributed by atoms with E-state index in [2.05, 4.69) is 6.58 Å². The molecule has 1 fully saturated rings. The van der Waals surface area contributed by atoms with Crippen molar-refractivity contribution in [3.8, 4) is 0 Å². The normalized spacial score (nSPS) is 22.4. The van der Waals surface area contributed by atoms with Crippen LogP contribution in [0.5, 0.6) is 0 Å². The van der Waals surface area contributed by atoms with E-state index in [1.165, 1.54) is 25.7 Å².